The van der Waals surface area contributed by atoms with Crippen LogP contribution in [-0.4, -0.2) is 45.8 Å². The standard InChI is InChI=1S/C18H21ClN4O.ClH/c1-22-11-15(17(21-22)14-4-2-3-5-16(14)19)18(24)23-9-8-12-6-7-13(10-23)20-12;/h2-5,11-13,20H,6-10H2,1H3;1H. The van der Waals surface area contributed by atoms with E-state index in [-0.39, 0.29) is 18.3 Å². The van der Waals surface area contributed by atoms with Crippen molar-refractivity contribution in [2.45, 2.75) is 31.3 Å². The summed E-state index contributed by atoms with van der Waals surface area (Å²) in [6.07, 6.45) is 5.20. The molecule has 1 aromatic heterocycles. The van der Waals surface area contributed by atoms with Crippen molar-refractivity contribution < 1.29 is 4.79 Å². The van der Waals surface area contributed by atoms with Crippen LogP contribution in [0.5, 0.6) is 0 Å². The van der Waals surface area contributed by atoms with Gasteiger partial charge in [-0.25, -0.2) is 0 Å². The van der Waals surface area contributed by atoms with Crippen molar-refractivity contribution in [2.24, 2.45) is 7.05 Å². The quantitative estimate of drug-likeness (QED) is 0.870. The summed E-state index contributed by atoms with van der Waals surface area (Å²) < 4.78 is 1.69. The maximum atomic E-state index is 13.1. The summed E-state index contributed by atoms with van der Waals surface area (Å²) in [6, 6.07) is 8.51. The van der Waals surface area contributed by atoms with Crippen LogP contribution in [0.1, 0.15) is 29.6 Å². The Bertz CT molecular complexity index is 776. The van der Waals surface area contributed by atoms with E-state index < -0.39 is 0 Å². The van der Waals surface area contributed by atoms with Crippen molar-refractivity contribution in [3.05, 3.63) is 41.0 Å². The lowest BCUT2D eigenvalue weighted by atomic mass is 10.1. The summed E-state index contributed by atoms with van der Waals surface area (Å²) in [5.41, 5.74) is 2.09. The monoisotopic (exact) mass is 380 g/mol. The lowest BCUT2D eigenvalue weighted by Gasteiger charge is -2.24. The van der Waals surface area contributed by atoms with Crippen LogP contribution < -0.4 is 5.32 Å². The second kappa shape index (κ2) is 7.36. The zero-order valence-electron chi connectivity index (χ0n) is 14.1. The van der Waals surface area contributed by atoms with Crippen molar-refractivity contribution in [1.82, 2.24) is 20.0 Å². The average Bonchev–Trinajstić information content (AvgIpc) is 3.09. The van der Waals surface area contributed by atoms with Crippen LogP contribution >= 0.6 is 24.0 Å². The van der Waals surface area contributed by atoms with Crippen LogP contribution in [0.15, 0.2) is 30.5 Å². The number of nitrogens with one attached hydrogen (secondary N) is 1. The number of halogens is 2. The van der Waals surface area contributed by atoms with E-state index in [1.807, 2.05) is 36.2 Å². The van der Waals surface area contributed by atoms with Gasteiger partial charge < -0.3 is 10.2 Å². The molecule has 2 fully saturated rings. The molecule has 25 heavy (non-hydrogen) atoms. The minimum atomic E-state index is 0. The van der Waals surface area contributed by atoms with Crippen molar-refractivity contribution in [1.29, 1.82) is 0 Å². The topological polar surface area (TPSA) is 50.2 Å². The Labute approximate surface area is 158 Å². The molecule has 0 radical (unpaired) electrons. The van der Waals surface area contributed by atoms with Crippen LogP contribution in [-0.2, 0) is 7.05 Å². The fraction of sp³-hybridized carbons (Fsp3) is 0.444. The molecule has 1 aromatic carbocycles. The number of amides is 1. The van der Waals surface area contributed by atoms with E-state index >= 15 is 0 Å². The number of nitrogens with zero attached hydrogens (tertiary/aromatic N) is 3. The molecule has 2 aromatic rings. The van der Waals surface area contributed by atoms with Crippen molar-refractivity contribution >= 4 is 29.9 Å². The smallest absolute Gasteiger partial charge is 0.257 e. The average molecular weight is 381 g/mol. The third-order valence-corrected chi connectivity index (χ3v) is 5.33. The molecule has 2 bridgehead atoms. The second-order valence-corrected chi connectivity index (χ2v) is 7.13. The van der Waals surface area contributed by atoms with Gasteiger partial charge in [0.05, 0.1) is 10.6 Å². The van der Waals surface area contributed by atoms with Crippen LogP contribution in [0.25, 0.3) is 11.3 Å². The molecule has 5 nitrogen and oxygen atoms in total. The van der Waals surface area contributed by atoms with Crippen LogP contribution in [0, 0.1) is 0 Å². The minimum absolute atomic E-state index is 0. The molecule has 2 aliphatic heterocycles. The maximum Gasteiger partial charge on any atom is 0.257 e. The van der Waals surface area contributed by atoms with Gasteiger partial charge in [-0.05, 0) is 25.3 Å². The molecule has 4 rings (SSSR count). The van der Waals surface area contributed by atoms with Gasteiger partial charge in [-0.15, -0.1) is 12.4 Å². The number of benzene rings is 1. The predicted octanol–water partition coefficient (Wildman–Crippen LogP) is 3.13. The Morgan fingerprint density at radius 2 is 2.00 bits per heavy atom. The molecule has 0 spiro atoms. The third kappa shape index (κ3) is 3.54. The summed E-state index contributed by atoms with van der Waals surface area (Å²) in [4.78, 5) is 15.1. The van der Waals surface area contributed by atoms with E-state index in [0.717, 1.165) is 31.5 Å². The Kier molecular flexibility index (Phi) is 5.37. The summed E-state index contributed by atoms with van der Waals surface area (Å²) in [6.45, 7) is 1.57. The molecule has 1 N–H and O–H groups in total. The molecular formula is C18H22Cl2N4O. The third-order valence-electron chi connectivity index (χ3n) is 5.00. The number of rotatable bonds is 2. The van der Waals surface area contributed by atoms with Crippen LogP contribution in [0.4, 0.5) is 0 Å². The first-order chi connectivity index (χ1) is 11.6. The van der Waals surface area contributed by atoms with Gasteiger partial charge in [0, 0.05) is 44.0 Å². The van der Waals surface area contributed by atoms with Gasteiger partial charge in [0.2, 0.25) is 0 Å². The maximum absolute atomic E-state index is 13.1. The summed E-state index contributed by atoms with van der Waals surface area (Å²) >= 11 is 6.32. The molecule has 2 atom stereocenters. The van der Waals surface area contributed by atoms with E-state index in [9.17, 15) is 4.79 Å². The first-order valence-electron chi connectivity index (χ1n) is 8.45. The van der Waals surface area contributed by atoms with Gasteiger partial charge in [0.25, 0.3) is 5.91 Å². The molecule has 1 amide bonds. The van der Waals surface area contributed by atoms with E-state index in [1.165, 1.54) is 6.42 Å². The first-order valence-corrected chi connectivity index (χ1v) is 8.83. The zero-order chi connectivity index (χ0) is 16.7. The summed E-state index contributed by atoms with van der Waals surface area (Å²) in [7, 11) is 1.84. The lowest BCUT2D eigenvalue weighted by Crippen LogP contribution is -2.39. The van der Waals surface area contributed by atoms with Crippen molar-refractivity contribution in [3.8, 4) is 11.3 Å². The normalized spacial score (nSPS) is 22.4. The van der Waals surface area contributed by atoms with E-state index in [2.05, 4.69) is 10.4 Å². The minimum Gasteiger partial charge on any atom is -0.337 e. The molecule has 2 aliphatic rings. The summed E-state index contributed by atoms with van der Waals surface area (Å²) in [5, 5.41) is 8.72. The predicted molar refractivity (Wildman–Crippen MR) is 101 cm³/mol. The van der Waals surface area contributed by atoms with Crippen LogP contribution in [0.2, 0.25) is 5.02 Å². The number of aryl methyl sites for hydroxylation is 1. The number of fused-ring (bicyclic) bond motifs is 2. The van der Waals surface area contributed by atoms with E-state index in [0.29, 0.717) is 28.4 Å². The number of aromatic nitrogens is 2. The van der Waals surface area contributed by atoms with Gasteiger partial charge >= 0.3 is 0 Å². The number of hydrogen-bond donors (Lipinski definition) is 1. The van der Waals surface area contributed by atoms with E-state index in [1.54, 1.807) is 10.9 Å². The molecular weight excluding hydrogens is 359 g/mol. The van der Waals surface area contributed by atoms with Crippen molar-refractivity contribution in [3.63, 3.8) is 0 Å². The second-order valence-electron chi connectivity index (χ2n) is 6.72. The van der Waals surface area contributed by atoms with Crippen molar-refractivity contribution in [2.75, 3.05) is 13.1 Å². The lowest BCUT2D eigenvalue weighted by molar-refractivity contribution is 0.0749. The molecule has 7 heteroatoms. The number of carbonyl (C=O) groups is 1. The zero-order valence-corrected chi connectivity index (χ0v) is 15.7. The number of carbonyl (C=O) groups excluding carboxylic acids is 1. The Morgan fingerprint density at radius 1 is 1.24 bits per heavy atom. The fourth-order valence-electron chi connectivity index (χ4n) is 3.79. The van der Waals surface area contributed by atoms with Gasteiger partial charge in [-0.1, -0.05) is 29.8 Å². The van der Waals surface area contributed by atoms with Gasteiger partial charge in [0.1, 0.15) is 5.69 Å². The van der Waals surface area contributed by atoms with Gasteiger partial charge in [0.15, 0.2) is 0 Å². The Balaban J connectivity index is 0.00000182. The van der Waals surface area contributed by atoms with Gasteiger partial charge in [-0.3, -0.25) is 9.48 Å². The molecule has 2 unspecified atom stereocenters. The highest BCUT2D eigenvalue weighted by Crippen LogP contribution is 2.30. The molecule has 0 aliphatic carbocycles. The first kappa shape index (κ1) is 18.2. The Morgan fingerprint density at radius 3 is 2.80 bits per heavy atom. The highest BCUT2D eigenvalue weighted by molar-refractivity contribution is 6.33. The molecule has 3 heterocycles. The van der Waals surface area contributed by atoms with E-state index in [4.69, 9.17) is 11.6 Å². The van der Waals surface area contributed by atoms with Gasteiger partial charge in [-0.2, -0.15) is 5.10 Å². The fourth-order valence-corrected chi connectivity index (χ4v) is 4.02. The highest BCUT2D eigenvalue weighted by atomic mass is 35.5. The SMILES string of the molecule is Cl.Cn1cc(C(=O)N2CCC3CCC(C2)N3)c(-c2ccccc2Cl)n1. The number of likely N-dealkylation sites (tertiary alicyclic amines) is 1. The molecule has 2 saturated heterocycles. The largest absolute Gasteiger partial charge is 0.337 e. The highest BCUT2D eigenvalue weighted by Gasteiger charge is 2.32. The Hall–Kier alpha value is -1.56. The molecule has 134 valence electrons. The van der Waals surface area contributed by atoms with Crippen LogP contribution in [0.3, 0.4) is 0 Å². The molecule has 0 saturated carbocycles. The summed E-state index contributed by atoms with van der Waals surface area (Å²) in [5.74, 6) is 0.0485. The number of hydrogen-bond acceptors (Lipinski definition) is 3.